The molecule has 2 aromatic carbocycles. The molecular weight excluding hydrogens is 879 g/mol. The van der Waals surface area contributed by atoms with Crippen molar-refractivity contribution in [1.82, 2.24) is 19.9 Å². The molecule has 3 aliphatic rings. The van der Waals surface area contributed by atoms with Crippen molar-refractivity contribution in [3.63, 3.8) is 0 Å². The number of amides is 2. The highest BCUT2D eigenvalue weighted by Crippen LogP contribution is 2.53. The number of primary amides is 2. The lowest BCUT2D eigenvalue weighted by Crippen LogP contribution is -2.41. The molecule has 2 atom stereocenters. The first-order valence-electron chi connectivity index (χ1n) is 22.4. The van der Waals surface area contributed by atoms with Crippen molar-refractivity contribution in [2.75, 3.05) is 38.0 Å². The zero-order valence-electron chi connectivity index (χ0n) is 40.8. The van der Waals surface area contributed by atoms with Gasteiger partial charge in [-0.15, -0.1) is 0 Å². The first-order chi connectivity index (χ1) is 31.9. The van der Waals surface area contributed by atoms with Crippen LogP contribution in [-0.2, 0) is 18.9 Å². The zero-order chi connectivity index (χ0) is 49.5. The Labute approximate surface area is 404 Å². The molecule has 2 amide bonds. The van der Waals surface area contributed by atoms with Gasteiger partial charge in [0, 0.05) is 85.7 Å². The van der Waals surface area contributed by atoms with Crippen LogP contribution in [0.5, 0.6) is 23.3 Å². The summed E-state index contributed by atoms with van der Waals surface area (Å²) in [4.78, 5) is 45.9. The number of rotatable bonds is 8. The summed E-state index contributed by atoms with van der Waals surface area (Å²) in [5, 5.41) is 0.351. The molecule has 0 unspecified atom stereocenters. The molecule has 6 aromatic rings. The Morgan fingerprint density at radius 1 is 0.603 bits per heavy atom. The Balaban J connectivity index is 0.000000156. The molecule has 7 heterocycles. The molecule has 4 aromatic heterocycles. The number of carbonyl (C=O) groups excluding carboxylic acids is 2. The first kappa shape index (κ1) is 49.4. The van der Waals surface area contributed by atoms with Crippen LogP contribution in [0.3, 0.4) is 0 Å². The van der Waals surface area contributed by atoms with Crippen LogP contribution in [0.15, 0.2) is 109 Å². The van der Waals surface area contributed by atoms with Gasteiger partial charge < -0.3 is 40.0 Å². The fourth-order valence-electron chi connectivity index (χ4n) is 8.23. The Bertz CT molecular complexity index is 2800. The summed E-state index contributed by atoms with van der Waals surface area (Å²) in [5.41, 5.74) is 15.4. The molecule has 0 radical (unpaired) electrons. The minimum Gasteiger partial charge on any atom is -0.438 e. The van der Waals surface area contributed by atoms with E-state index in [2.05, 4.69) is 42.6 Å². The van der Waals surface area contributed by atoms with E-state index in [-0.39, 0.29) is 42.0 Å². The third kappa shape index (κ3) is 9.74. The number of pyridine rings is 4. The molecular formula is C52H60BClN8O6. The lowest BCUT2D eigenvalue weighted by atomic mass is 9.70. The minimum atomic E-state index is -0.799. The quantitative estimate of drug-likeness (QED) is 0.109. The molecule has 16 heteroatoms. The SMILES string of the molecule is CC(C)(C(N)=O)[C@H]1c2ccccc2Oc2nc(Cl)ccc21.CN(C)c1ccc(-c2ccc3c(n2)Oc2ccccc2[C@@H]3C(C)(C)C(N)=O)cn1.CN(C)c1ccc(B2OC(C)(C)C(C)(C)O2)cn1. The van der Waals surface area contributed by atoms with Gasteiger partial charge in [-0.1, -0.05) is 87.8 Å². The van der Waals surface area contributed by atoms with Gasteiger partial charge in [0.05, 0.1) is 27.7 Å². The number of fused-ring (bicyclic) bond motifs is 4. The van der Waals surface area contributed by atoms with Gasteiger partial charge in [-0.25, -0.2) is 19.9 Å². The maximum atomic E-state index is 12.3. The molecule has 1 saturated heterocycles. The molecule has 0 spiro atoms. The molecule has 0 bridgehead atoms. The van der Waals surface area contributed by atoms with E-state index in [4.69, 9.17) is 46.8 Å². The van der Waals surface area contributed by atoms with Crippen LogP contribution in [0.1, 0.15) is 89.5 Å². The highest BCUT2D eigenvalue weighted by atomic mass is 35.5. The molecule has 3 aliphatic heterocycles. The van der Waals surface area contributed by atoms with E-state index in [9.17, 15) is 9.59 Å². The number of hydrogen-bond donors (Lipinski definition) is 2. The van der Waals surface area contributed by atoms with Crippen LogP contribution in [0.25, 0.3) is 11.3 Å². The summed E-state index contributed by atoms with van der Waals surface area (Å²) >= 11 is 5.95. The van der Waals surface area contributed by atoms with Gasteiger partial charge in [0.15, 0.2) is 0 Å². The standard InChI is InChI=1S/C23H24N4O2.C16H15ClN2O2.C13H21BN2O2/c1-23(2,22(24)28)20-15-7-5-6-8-18(15)29-21-16(20)10-11-17(26-21)14-9-12-19(25-13-14)27(3)4;1-16(2,15(18)20)13-9-5-3-4-6-11(9)21-14-10(13)7-8-12(17)19-14;1-12(2)13(3,4)18-14(17-12)10-7-8-11(15-9-10)16(5)6/h5-13,20H,1-4H3,(H2,24,28);3-8,13H,1-2H3,(H2,18,20);7-9H,1-6H3/t20-;13-;/m00./s1. The second-order valence-corrected chi connectivity index (χ2v) is 20.1. The van der Waals surface area contributed by atoms with Crippen LogP contribution in [0.2, 0.25) is 5.15 Å². The van der Waals surface area contributed by atoms with Gasteiger partial charge in [0.2, 0.25) is 23.6 Å². The van der Waals surface area contributed by atoms with Crippen molar-refractivity contribution in [2.45, 2.75) is 78.4 Å². The third-order valence-corrected chi connectivity index (χ3v) is 13.4. The second-order valence-electron chi connectivity index (χ2n) is 19.7. The molecule has 354 valence electrons. The maximum Gasteiger partial charge on any atom is 0.496 e. The number of carbonyl (C=O) groups is 2. The summed E-state index contributed by atoms with van der Waals surface area (Å²) in [7, 11) is 7.50. The zero-order valence-corrected chi connectivity index (χ0v) is 41.5. The van der Waals surface area contributed by atoms with Crippen LogP contribution in [0, 0.1) is 10.8 Å². The number of nitrogens with two attached hydrogens (primary N) is 2. The van der Waals surface area contributed by atoms with Crippen LogP contribution >= 0.6 is 11.6 Å². The largest absolute Gasteiger partial charge is 0.496 e. The molecule has 0 aliphatic carbocycles. The Morgan fingerprint density at radius 3 is 1.50 bits per heavy atom. The number of benzene rings is 2. The number of halogens is 1. The molecule has 1 fully saturated rings. The highest BCUT2D eigenvalue weighted by Gasteiger charge is 2.52. The number of hydrogen-bond acceptors (Lipinski definition) is 12. The van der Waals surface area contributed by atoms with Crippen LogP contribution in [-0.4, -0.2) is 78.3 Å². The smallest absolute Gasteiger partial charge is 0.438 e. The van der Waals surface area contributed by atoms with Crippen molar-refractivity contribution < 1.29 is 28.4 Å². The van der Waals surface area contributed by atoms with E-state index in [0.29, 0.717) is 28.4 Å². The van der Waals surface area contributed by atoms with Crippen molar-refractivity contribution in [3.8, 4) is 34.5 Å². The van der Waals surface area contributed by atoms with Crippen molar-refractivity contribution in [3.05, 3.63) is 137 Å². The van der Waals surface area contributed by atoms with Gasteiger partial charge in [0.25, 0.3) is 0 Å². The van der Waals surface area contributed by atoms with E-state index < -0.39 is 10.8 Å². The number of para-hydroxylation sites is 2. The minimum absolute atomic E-state index is 0.222. The fraction of sp³-hybridized carbons (Fsp3) is 0.346. The summed E-state index contributed by atoms with van der Waals surface area (Å²) in [6.45, 7) is 15.6. The lowest BCUT2D eigenvalue weighted by Gasteiger charge is -2.36. The van der Waals surface area contributed by atoms with Gasteiger partial charge in [-0.05, 0) is 76.2 Å². The van der Waals surface area contributed by atoms with Crippen molar-refractivity contribution in [1.29, 1.82) is 0 Å². The Morgan fingerprint density at radius 2 is 1.06 bits per heavy atom. The Hall–Kier alpha value is -6.55. The molecule has 68 heavy (non-hydrogen) atoms. The van der Waals surface area contributed by atoms with Gasteiger partial charge >= 0.3 is 7.12 Å². The molecule has 9 rings (SSSR count). The van der Waals surface area contributed by atoms with Crippen molar-refractivity contribution >= 4 is 47.6 Å². The van der Waals surface area contributed by atoms with E-state index in [1.807, 2.05) is 163 Å². The molecule has 14 nitrogen and oxygen atoms in total. The topological polar surface area (TPSA) is 181 Å². The Kier molecular flexibility index (Phi) is 13.7. The van der Waals surface area contributed by atoms with Gasteiger partial charge in [0.1, 0.15) is 28.3 Å². The number of nitrogens with zero attached hydrogens (tertiary/aromatic N) is 6. The molecule has 0 saturated carbocycles. The summed E-state index contributed by atoms with van der Waals surface area (Å²) < 4.78 is 23.9. The van der Waals surface area contributed by atoms with E-state index >= 15 is 0 Å². The normalized spacial score (nSPS) is 17.2. The predicted octanol–water partition coefficient (Wildman–Crippen LogP) is 8.89. The van der Waals surface area contributed by atoms with E-state index in [1.165, 1.54) is 0 Å². The van der Waals surface area contributed by atoms with Gasteiger partial charge in [-0.3, -0.25) is 9.59 Å². The predicted molar refractivity (Wildman–Crippen MR) is 268 cm³/mol. The van der Waals surface area contributed by atoms with Crippen LogP contribution in [0.4, 0.5) is 11.6 Å². The monoisotopic (exact) mass is 938 g/mol. The lowest BCUT2D eigenvalue weighted by molar-refractivity contribution is -0.127. The molecule has 4 N–H and O–H groups in total. The summed E-state index contributed by atoms with van der Waals surface area (Å²) in [6, 6.07) is 30.7. The van der Waals surface area contributed by atoms with Gasteiger partial charge in [-0.2, -0.15) is 0 Å². The second kappa shape index (κ2) is 18.9. The number of anilines is 2. The average molecular weight is 939 g/mol. The van der Waals surface area contributed by atoms with E-state index in [0.717, 1.165) is 50.6 Å². The van der Waals surface area contributed by atoms with Crippen LogP contribution < -0.4 is 36.2 Å². The summed E-state index contributed by atoms with van der Waals surface area (Å²) in [5.74, 6) is 2.91. The highest BCUT2D eigenvalue weighted by molar-refractivity contribution is 6.62. The fourth-order valence-corrected chi connectivity index (χ4v) is 8.37. The van der Waals surface area contributed by atoms with Crippen molar-refractivity contribution in [2.24, 2.45) is 22.3 Å². The van der Waals surface area contributed by atoms with E-state index in [1.54, 1.807) is 12.3 Å². The maximum absolute atomic E-state index is 12.3. The number of ether oxygens (including phenoxy) is 2. The third-order valence-electron chi connectivity index (χ3n) is 13.2. The average Bonchev–Trinajstić information content (AvgIpc) is 3.52. The summed E-state index contributed by atoms with van der Waals surface area (Å²) in [6.07, 6.45) is 3.61. The first-order valence-corrected chi connectivity index (χ1v) is 22.7. The number of aromatic nitrogens is 4.